The minimum absolute atomic E-state index is 0.373. The standard InChI is InChI=1S/C9H12FN3S/c1-14-9(2-3-9)6-13-8-11-4-7(10)5-12-8/h4-5H,2-3,6H2,1H3,(H,11,12,13). The first kappa shape index (κ1) is 9.71. The van der Waals surface area contributed by atoms with Gasteiger partial charge in [-0.2, -0.15) is 11.8 Å². The van der Waals surface area contributed by atoms with Crippen LogP contribution < -0.4 is 5.32 Å². The summed E-state index contributed by atoms with van der Waals surface area (Å²) in [4.78, 5) is 7.67. The Bertz CT molecular complexity index is 310. The normalized spacial score (nSPS) is 17.9. The smallest absolute Gasteiger partial charge is 0.222 e. The van der Waals surface area contributed by atoms with Crippen LogP contribution >= 0.6 is 11.8 Å². The first-order valence-electron chi connectivity index (χ1n) is 4.51. The van der Waals surface area contributed by atoms with Crippen LogP contribution in [0.15, 0.2) is 12.4 Å². The Morgan fingerprint density at radius 3 is 2.64 bits per heavy atom. The van der Waals surface area contributed by atoms with Gasteiger partial charge in [-0.3, -0.25) is 0 Å². The minimum Gasteiger partial charge on any atom is -0.353 e. The van der Waals surface area contributed by atoms with Crippen molar-refractivity contribution in [1.82, 2.24) is 9.97 Å². The van der Waals surface area contributed by atoms with Crippen LogP contribution in [0, 0.1) is 5.82 Å². The molecule has 3 nitrogen and oxygen atoms in total. The maximum atomic E-state index is 12.5. The topological polar surface area (TPSA) is 37.8 Å². The van der Waals surface area contributed by atoms with Gasteiger partial charge >= 0.3 is 0 Å². The predicted octanol–water partition coefficient (Wildman–Crippen LogP) is 1.92. The Morgan fingerprint density at radius 1 is 1.50 bits per heavy atom. The molecule has 0 amide bonds. The van der Waals surface area contributed by atoms with E-state index in [2.05, 4.69) is 21.5 Å². The van der Waals surface area contributed by atoms with E-state index in [4.69, 9.17) is 0 Å². The quantitative estimate of drug-likeness (QED) is 0.829. The average Bonchev–Trinajstić information content (AvgIpc) is 2.98. The van der Waals surface area contributed by atoms with E-state index in [0.29, 0.717) is 10.7 Å². The van der Waals surface area contributed by atoms with E-state index in [1.54, 1.807) is 0 Å². The van der Waals surface area contributed by atoms with Crippen molar-refractivity contribution in [3.05, 3.63) is 18.2 Å². The summed E-state index contributed by atoms with van der Waals surface area (Å²) in [6, 6.07) is 0. The van der Waals surface area contributed by atoms with Crippen LogP contribution in [-0.4, -0.2) is 27.5 Å². The van der Waals surface area contributed by atoms with Crippen LogP contribution in [0.4, 0.5) is 10.3 Å². The van der Waals surface area contributed by atoms with Crippen molar-refractivity contribution >= 4 is 17.7 Å². The Hall–Kier alpha value is -0.840. The molecule has 0 saturated heterocycles. The van der Waals surface area contributed by atoms with E-state index in [9.17, 15) is 4.39 Å². The van der Waals surface area contributed by atoms with Crippen molar-refractivity contribution in [2.45, 2.75) is 17.6 Å². The van der Waals surface area contributed by atoms with Gasteiger partial charge in [-0.1, -0.05) is 0 Å². The fourth-order valence-electron chi connectivity index (χ4n) is 1.24. The van der Waals surface area contributed by atoms with Gasteiger partial charge in [0.25, 0.3) is 0 Å². The molecule has 1 aliphatic carbocycles. The number of halogens is 1. The zero-order chi connectivity index (χ0) is 10.0. The van der Waals surface area contributed by atoms with Gasteiger partial charge < -0.3 is 5.32 Å². The van der Waals surface area contributed by atoms with Crippen LogP contribution in [0.1, 0.15) is 12.8 Å². The van der Waals surface area contributed by atoms with Gasteiger partial charge in [0.2, 0.25) is 5.95 Å². The van der Waals surface area contributed by atoms with E-state index in [-0.39, 0.29) is 0 Å². The van der Waals surface area contributed by atoms with E-state index in [0.717, 1.165) is 6.54 Å². The zero-order valence-electron chi connectivity index (χ0n) is 7.96. The van der Waals surface area contributed by atoms with Crippen molar-refractivity contribution in [3.8, 4) is 0 Å². The van der Waals surface area contributed by atoms with Crippen molar-refractivity contribution < 1.29 is 4.39 Å². The number of nitrogens with one attached hydrogen (secondary N) is 1. The fourth-order valence-corrected chi connectivity index (χ4v) is 1.96. The number of hydrogen-bond donors (Lipinski definition) is 1. The average molecular weight is 213 g/mol. The first-order chi connectivity index (χ1) is 6.74. The molecule has 76 valence electrons. The number of aromatic nitrogens is 2. The molecule has 0 radical (unpaired) electrons. The van der Waals surface area contributed by atoms with Crippen LogP contribution in [0.3, 0.4) is 0 Å². The summed E-state index contributed by atoms with van der Waals surface area (Å²) in [5, 5.41) is 3.12. The lowest BCUT2D eigenvalue weighted by Gasteiger charge is -2.12. The monoisotopic (exact) mass is 213 g/mol. The number of nitrogens with zero attached hydrogens (tertiary/aromatic N) is 2. The van der Waals surface area contributed by atoms with E-state index in [1.807, 2.05) is 11.8 Å². The van der Waals surface area contributed by atoms with Crippen LogP contribution in [0.5, 0.6) is 0 Å². The van der Waals surface area contributed by atoms with Gasteiger partial charge in [0.15, 0.2) is 5.82 Å². The molecule has 0 atom stereocenters. The fraction of sp³-hybridized carbons (Fsp3) is 0.556. The lowest BCUT2D eigenvalue weighted by Crippen LogP contribution is -2.18. The minimum atomic E-state index is -0.401. The highest BCUT2D eigenvalue weighted by Gasteiger charge is 2.41. The number of thioether (sulfide) groups is 1. The van der Waals surface area contributed by atoms with Gasteiger partial charge in [0.1, 0.15) is 0 Å². The number of hydrogen-bond acceptors (Lipinski definition) is 4. The highest BCUT2D eigenvalue weighted by Crippen LogP contribution is 2.46. The summed E-state index contributed by atoms with van der Waals surface area (Å²) in [6.45, 7) is 0.861. The molecule has 1 N–H and O–H groups in total. The third-order valence-electron chi connectivity index (χ3n) is 2.43. The second-order valence-electron chi connectivity index (χ2n) is 3.47. The van der Waals surface area contributed by atoms with Gasteiger partial charge in [-0.25, -0.2) is 14.4 Å². The van der Waals surface area contributed by atoms with E-state index in [1.165, 1.54) is 25.2 Å². The molecule has 0 aromatic carbocycles. The third-order valence-corrected chi connectivity index (χ3v) is 3.85. The van der Waals surface area contributed by atoms with Gasteiger partial charge in [0.05, 0.1) is 12.4 Å². The van der Waals surface area contributed by atoms with E-state index < -0.39 is 5.82 Å². The molecule has 1 aromatic heterocycles. The van der Waals surface area contributed by atoms with Crippen molar-refractivity contribution in [2.24, 2.45) is 0 Å². The molecule has 1 aliphatic rings. The second-order valence-corrected chi connectivity index (χ2v) is 4.74. The largest absolute Gasteiger partial charge is 0.353 e. The Kier molecular flexibility index (Phi) is 2.58. The molecular formula is C9H12FN3S. The van der Waals surface area contributed by atoms with Crippen molar-refractivity contribution in [2.75, 3.05) is 18.1 Å². The van der Waals surface area contributed by atoms with Crippen molar-refractivity contribution in [3.63, 3.8) is 0 Å². The lowest BCUT2D eigenvalue weighted by atomic mass is 10.4. The molecular weight excluding hydrogens is 201 g/mol. The van der Waals surface area contributed by atoms with Gasteiger partial charge in [-0.15, -0.1) is 0 Å². The van der Waals surface area contributed by atoms with Crippen LogP contribution in [-0.2, 0) is 0 Å². The molecule has 0 unspecified atom stereocenters. The second kappa shape index (κ2) is 3.73. The highest BCUT2D eigenvalue weighted by atomic mass is 32.2. The summed E-state index contributed by atoms with van der Waals surface area (Å²) in [6.07, 6.45) is 6.94. The van der Waals surface area contributed by atoms with Crippen LogP contribution in [0.2, 0.25) is 0 Å². The molecule has 0 spiro atoms. The molecule has 5 heteroatoms. The third kappa shape index (κ3) is 2.15. The van der Waals surface area contributed by atoms with Gasteiger partial charge in [0, 0.05) is 11.3 Å². The molecule has 0 aliphatic heterocycles. The molecule has 2 rings (SSSR count). The van der Waals surface area contributed by atoms with Crippen molar-refractivity contribution in [1.29, 1.82) is 0 Å². The lowest BCUT2D eigenvalue weighted by molar-refractivity contribution is 0.614. The summed E-state index contributed by atoms with van der Waals surface area (Å²) >= 11 is 1.87. The van der Waals surface area contributed by atoms with E-state index >= 15 is 0 Å². The zero-order valence-corrected chi connectivity index (χ0v) is 8.77. The Balaban J connectivity index is 1.89. The molecule has 1 saturated carbocycles. The summed E-state index contributed by atoms with van der Waals surface area (Å²) in [5.41, 5.74) is 0. The molecule has 0 bridgehead atoms. The van der Waals surface area contributed by atoms with Crippen LogP contribution in [0.25, 0.3) is 0 Å². The molecule has 1 fully saturated rings. The summed E-state index contributed by atoms with van der Waals surface area (Å²) < 4.78 is 12.9. The summed E-state index contributed by atoms with van der Waals surface area (Å²) in [5.74, 6) is 0.105. The SMILES string of the molecule is CSC1(CNc2ncc(F)cn2)CC1. The maximum absolute atomic E-state index is 12.5. The molecule has 1 heterocycles. The highest BCUT2D eigenvalue weighted by molar-refractivity contribution is 8.00. The predicted molar refractivity (Wildman–Crippen MR) is 56.0 cm³/mol. The molecule has 14 heavy (non-hydrogen) atoms. The maximum Gasteiger partial charge on any atom is 0.222 e. The first-order valence-corrected chi connectivity index (χ1v) is 5.73. The molecule has 1 aromatic rings. The number of anilines is 1. The summed E-state index contributed by atoms with van der Waals surface area (Å²) in [7, 11) is 0. The Labute approximate surface area is 86.5 Å². The number of rotatable bonds is 4. The van der Waals surface area contributed by atoms with Gasteiger partial charge in [-0.05, 0) is 19.1 Å². The Morgan fingerprint density at radius 2 is 2.14 bits per heavy atom.